The molecule has 5 nitrogen and oxygen atoms in total. The molecule has 0 bridgehead atoms. The first-order valence-electron chi connectivity index (χ1n) is 7.53. The van der Waals surface area contributed by atoms with E-state index in [-0.39, 0.29) is 0 Å². The van der Waals surface area contributed by atoms with Gasteiger partial charge < -0.3 is 4.42 Å². The molecule has 118 valence electrons. The maximum absolute atomic E-state index is 12.6. The van der Waals surface area contributed by atoms with Crippen LogP contribution in [0.25, 0.3) is 11.1 Å². The quantitative estimate of drug-likeness (QED) is 0.799. The van der Waals surface area contributed by atoms with Gasteiger partial charge in [-0.2, -0.15) is 0 Å². The Labute approximate surface area is 134 Å². The number of benzene rings is 2. The summed E-state index contributed by atoms with van der Waals surface area (Å²) in [7, 11) is -3.61. The van der Waals surface area contributed by atoms with Gasteiger partial charge in [-0.15, -0.1) is 0 Å². The molecule has 1 aromatic heterocycles. The predicted octanol–water partition coefficient (Wildman–Crippen LogP) is 3.43. The van der Waals surface area contributed by atoms with Crippen LogP contribution in [0.2, 0.25) is 0 Å². The van der Waals surface area contributed by atoms with Crippen molar-refractivity contribution in [1.82, 2.24) is 4.98 Å². The van der Waals surface area contributed by atoms with Crippen molar-refractivity contribution in [2.45, 2.75) is 31.1 Å². The summed E-state index contributed by atoms with van der Waals surface area (Å²) >= 11 is 0. The lowest BCUT2D eigenvalue weighted by molar-refractivity contribution is 0.561. The van der Waals surface area contributed by atoms with Gasteiger partial charge >= 0.3 is 0 Å². The fraction of sp³-hybridized carbons (Fsp3) is 0.235. The SMILES string of the molecule is Cc1nc2ccc(NS(=O)(=O)c3ccc4c(c3)CCC4)cc2o1. The van der Waals surface area contributed by atoms with Crippen LogP contribution in [0.4, 0.5) is 5.69 Å². The van der Waals surface area contributed by atoms with Crippen LogP contribution in [0.5, 0.6) is 0 Å². The van der Waals surface area contributed by atoms with Gasteiger partial charge in [-0.25, -0.2) is 13.4 Å². The Hall–Kier alpha value is -2.34. The Morgan fingerprint density at radius 1 is 1.09 bits per heavy atom. The lowest BCUT2D eigenvalue weighted by Gasteiger charge is -2.09. The van der Waals surface area contributed by atoms with Crippen LogP contribution in [-0.2, 0) is 22.9 Å². The van der Waals surface area contributed by atoms with Crippen LogP contribution in [0, 0.1) is 6.92 Å². The second-order valence-electron chi connectivity index (χ2n) is 5.80. The first-order chi connectivity index (χ1) is 11.0. The number of aromatic nitrogens is 1. The molecule has 1 heterocycles. The number of aryl methyl sites for hydroxylation is 3. The molecular weight excluding hydrogens is 312 g/mol. The van der Waals surface area contributed by atoms with E-state index in [1.807, 2.05) is 6.07 Å². The highest BCUT2D eigenvalue weighted by atomic mass is 32.2. The highest BCUT2D eigenvalue weighted by Crippen LogP contribution is 2.27. The molecule has 0 saturated carbocycles. The Morgan fingerprint density at radius 3 is 2.78 bits per heavy atom. The molecule has 23 heavy (non-hydrogen) atoms. The zero-order valence-corrected chi connectivity index (χ0v) is 13.5. The third-order valence-electron chi connectivity index (χ3n) is 4.13. The monoisotopic (exact) mass is 328 g/mol. The molecule has 1 aliphatic rings. The highest BCUT2D eigenvalue weighted by molar-refractivity contribution is 7.92. The molecule has 0 fully saturated rings. The van der Waals surface area contributed by atoms with Gasteiger partial charge in [0.15, 0.2) is 11.5 Å². The maximum atomic E-state index is 12.6. The van der Waals surface area contributed by atoms with Crippen molar-refractivity contribution < 1.29 is 12.8 Å². The summed E-state index contributed by atoms with van der Waals surface area (Å²) in [6, 6.07) is 10.5. The van der Waals surface area contributed by atoms with E-state index in [2.05, 4.69) is 9.71 Å². The van der Waals surface area contributed by atoms with E-state index in [1.165, 1.54) is 5.56 Å². The van der Waals surface area contributed by atoms with E-state index in [0.717, 1.165) is 24.8 Å². The van der Waals surface area contributed by atoms with Crippen molar-refractivity contribution in [3.63, 3.8) is 0 Å². The summed E-state index contributed by atoms with van der Waals surface area (Å²) in [6.07, 6.45) is 3.07. The van der Waals surface area contributed by atoms with E-state index in [1.54, 1.807) is 37.3 Å². The first-order valence-corrected chi connectivity index (χ1v) is 9.01. The average Bonchev–Trinajstić information content (AvgIpc) is 3.10. The van der Waals surface area contributed by atoms with Crippen LogP contribution in [-0.4, -0.2) is 13.4 Å². The zero-order valence-electron chi connectivity index (χ0n) is 12.7. The van der Waals surface area contributed by atoms with Crippen LogP contribution >= 0.6 is 0 Å². The smallest absolute Gasteiger partial charge is 0.261 e. The lowest BCUT2D eigenvalue weighted by Crippen LogP contribution is -2.13. The molecule has 0 saturated heterocycles. The second kappa shape index (κ2) is 5.09. The second-order valence-corrected chi connectivity index (χ2v) is 7.49. The van der Waals surface area contributed by atoms with Crippen LogP contribution in [0.1, 0.15) is 23.4 Å². The molecule has 2 aromatic carbocycles. The Balaban J connectivity index is 1.67. The molecule has 0 amide bonds. The summed E-state index contributed by atoms with van der Waals surface area (Å²) in [5.74, 6) is 0.554. The van der Waals surface area contributed by atoms with Gasteiger partial charge in [0, 0.05) is 13.0 Å². The molecule has 0 aliphatic heterocycles. The van der Waals surface area contributed by atoms with Gasteiger partial charge in [-0.05, 0) is 54.7 Å². The number of rotatable bonds is 3. The molecule has 0 unspecified atom stereocenters. The molecule has 0 spiro atoms. The van der Waals surface area contributed by atoms with E-state index >= 15 is 0 Å². The number of anilines is 1. The number of oxazole rings is 1. The van der Waals surface area contributed by atoms with Crippen molar-refractivity contribution >= 4 is 26.8 Å². The highest BCUT2D eigenvalue weighted by Gasteiger charge is 2.19. The molecule has 1 N–H and O–H groups in total. The minimum atomic E-state index is -3.61. The van der Waals surface area contributed by atoms with Crippen LogP contribution in [0.3, 0.4) is 0 Å². The Bertz CT molecular complexity index is 1010. The summed E-state index contributed by atoms with van der Waals surface area (Å²) in [6.45, 7) is 1.76. The summed E-state index contributed by atoms with van der Waals surface area (Å²) < 4.78 is 33.2. The number of hydrogen-bond donors (Lipinski definition) is 1. The number of fused-ring (bicyclic) bond motifs is 2. The zero-order chi connectivity index (χ0) is 16.0. The van der Waals surface area contributed by atoms with Crippen molar-refractivity contribution in [2.24, 2.45) is 0 Å². The van der Waals surface area contributed by atoms with Gasteiger partial charge in [0.2, 0.25) is 0 Å². The molecule has 6 heteroatoms. The van der Waals surface area contributed by atoms with Gasteiger partial charge in [0.25, 0.3) is 10.0 Å². The molecule has 4 rings (SSSR count). The molecule has 0 atom stereocenters. The fourth-order valence-corrected chi connectivity index (χ4v) is 4.13. The van der Waals surface area contributed by atoms with Crippen LogP contribution in [0.15, 0.2) is 45.7 Å². The largest absolute Gasteiger partial charge is 0.441 e. The Kier molecular flexibility index (Phi) is 3.16. The van der Waals surface area contributed by atoms with Crippen molar-refractivity contribution in [1.29, 1.82) is 0 Å². The minimum absolute atomic E-state index is 0.298. The predicted molar refractivity (Wildman–Crippen MR) is 88.0 cm³/mol. The summed E-state index contributed by atoms with van der Waals surface area (Å²) in [4.78, 5) is 4.50. The molecule has 1 aliphatic carbocycles. The Morgan fingerprint density at radius 2 is 1.91 bits per heavy atom. The molecule has 3 aromatic rings. The average molecular weight is 328 g/mol. The molecular formula is C17H16N2O3S. The van der Waals surface area contributed by atoms with E-state index in [0.29, 0.717) is 27.6 Å². The van der Waals surface area contributed by atoms with Gasteiger partial charge in [-0.1, -0.05) is 6.07 Å². The lowest BCUT2D eigenvalue weighted by atomic mass is 10.1. The van der Waals surface area contributed by atoms with Gasteiger partial charge in [-0.3, -0.25) is 4.72 Å². The first kappa shape index (κ1) is 14.3. The number of sulfonamides is 1. The van der Waals surface area contributed by atoms with Crippen molar-refractivity contribution in [3.8, 4) is 0 Å². The third-order valence-corrected chi connectivity index (χ3v) is 5.51. The third kappa shape index (κ3) is 2.59. The fourth-order valence-electron chi connectivity index (χ4n) is 3.03. The van der Waals surface area contributed by atoms with E-state index < -0.39 is 10.0 Å². The van der Waals surface area contributed by atoms with Crippen LogP contribution < -0.4 is 4.72 Å². The normalized spacial score (nSPS) is 14.1. The van der Waals surface area contributed by atoms with Gasteiger partial charge in [0.1, 0.15) is 5.52 Å². The van der Waals surface area contributed by atoms with Crippen molar-refractivity contribution in [3.05, 3.63) is 53.4 Å². The number of hydrogen-bond acceptors (Lipinski definition) is 4. The minimum Gasteiger partial charge on any atom is -0.441 e. The van der Waals surface area contributed by atoms with E-state index in [9.17, 15) is 8.42 Å². The number of nitrogens with zero attached hydrogens (tertiary/aromatic N) is 1. The summed E-state index contributed by atoms with van der Waals surface area (Å²) in [5.41, 5.74) is 4.13. The summed E-state index contributed by atoms with van der Waals surface area (Å²) in [5, 5.41) is 0. The topological polar surface area (TPSA) is 72.2 Å². The van der Waals surface area contributed by atoms with E-state index in [4.69, 9.17) is 4.42 Å². The van der Waals surface area contributed by atoms with Gasteiger partial charge in [0.05, 0.1) is 10.6 Å². The standard InChI is InChI=1S/C17H16N2O3S/c1-11-18-16-8-6-14(10-17(16)22-11)19-23(20,21)15-7-5-12-3-2-4-13(12)9-15/h5-10,19H,2-4H2,1H3. The molecule has 0 radical (unpaired) electrons. The number of nitrogens with one attached hydrogen (secondary N) is 1. The van der Waals surface area contributed by atoms with Crippen molar-refractivity contribution in [2.75, 3.05) is 4.72 Å². The maximum Gasteiger partial charge on any atom is 0.261 e.